The number of hydrogen-bond donors (Lipinski definition) is 4. The van der Waals surface area contributed by atoms with Gasteiger partial charge in [0, 0.05) is 12.1 Å². The Bertz CT molecular complexity index is 992. The van der Waals surface area contributed by atoms with Crippen molar-refractivity contribution in [2.24, 2.45) is 11.5 Å². The highest BCUT2D eigenvalue weighted by Crippen LogP contribution is 2.26. The molecular formula is C24H24F2N4O2. The molecule has 32 heavy (non-hydrogen) atoms. The van der Waals surface area contributed by atoms with Crippen LogP contribution in [0.4, 0.5) is 20.2 Å². The largest absolute Gasteiger partial charge is 0.323 e. The molecule has 3 aromatic rings. The van der Waals surface area contributed by atoms with Crippen molar-refractivity contribution in [3.8, 4) is 0 Å². The molecule has 6 nitrogen and oxygen atoms in total. The van der Waals surface area contributed by atoms with Gasteiger partial charge in [-0.15, -0.1) is 0 Å². The Labute approximate surface area is 184 Å². The summed E-state index contributed by atoms with van der Waals surface area (Å²) in [5.74, 6) is -3.57. The Morgan fingerprint density at radius 1 is 0.688 bits per heavy atom. The lowest BCUT2D eigenvalue weighted by Crippen LogP contribution is -2.39. The standard InChI is InChI=1S/C24H24F2N4O2/c25-17-13-21(29-23(31)19(27)11-15-7-3-1-4-8-15)22(14-18(17)26)30-24(32)20(28)12-16-9-5-2-6-10-16/h1-10,13-14,19-20H,11-12,27-28H2,(H,29,31)(H,30,32)/t19-,20-/m0/s1. The van der Waals surface area contributed by atoms with Crippen LogP contribution >= 0.6 is 0 Å². The molecule has 0 aromatic heterocycles. The first-order chi connectivity index (χ1) is 15.3. The molecule has 2 atom stereocenters. The van der Waals surface area contributed by atoms with Crippen molar-refractivity contribution in [1.29, 1.82) is 0 Å². The van der Waals surface area contributed by atoms with E-state index in [1.165, 1.54) is 0 Å². The molecule has 0 spiro atoms. The van der Waals surface area contributed by atoms with Crippen LogP contribution in [0, 0.1) is 11.6 Å². The van der Waals surface area contributed by atoms with Crippen molar-refractivity contribution in [2.45, 2.75) is 24.9 Å². The molecule has 0 aliphatic heterocycles. The molecule has 0 radical (unpaired) electrons. The quantitative estimate of drug-likeness (QED) is 0.433. The Kier molecular flexibility index (Phi) is 7.64. The molecule has 0 bridgehead atoms. The van der Waals surface area contributed by atoms with Gasteiger partial charge in [0.1, 0.15) is 0 Å². The second-order valence-electron chi connectivity index (χ2n) is 7.38. The topological polar surface area (TPSA) is 110 Å². The highest BCUT2D eigenvalue weighted by Gasteiger charge is 2.21. The zero-order valence-electron chi connectivity index (χ0n) is 17.2. The molecule has 0 saturated carbocycles. The normalized spacial score (nSPS) is 12.6. The van der Waals surface area contributed by atoms with E-state index in [0.717, 1.165) is 23.3 Å². The first-order valence-electron chi connectivity index (χ1n) is 10.0. The van der Waals surface area contributed by atoms with Gasteiger partial charge in [0.25, 0.3) is 0 Å². The maximum atomic E-state index is 13.8. The van der Waals surface area contributed by atoms with E-state index in [0.29, 0.717) is 0 Å². The molecule has 0 heterocycles. The summed E-state index contributed by atoms with van der Waals surface area (Å²) in [6, 6.07) is 18.0. The summed E-state index contributed by atoms with van der Waals surface area (Å²) in [5, 5.41) is 4.93. The summed E-state index contributed by atoms with van der Waals surface area (Å²) in [5.41, 5.74) is 13.4. The smallest absolute Gasteiger partial charge is 0.241 e. The van der Waals surface area contributed by atoms with E-state index in [1.807, 2.05) is 60.7 Å². The average molecular weight is 438 g/mol. The van der Waals surface area contributed by atoms with Crippen molar-refractivity contribution >= 4 is 23.2 Å². The Morgan fingerprint density at radius 3 is 1.38 bits per heavy atom. The second-order valence-corrected chi connectivity index (χ2v) is 7.38. The van der Waals surface area contributed by atoms with Crippen molar-refractivity contribution < 1.29 is 18.4 Å². The van der Waals surface area contributed by atoms with Crippen LogP contribution in [0.3, 0.4) is 0 Å². The van der Waals surface area contributed by atoms with Crippen molar-refractivity contribution in [3.63, 3.8) is 0 Å². The van der Waals surface area contributed by atoms with Gasteiger partial charge in [-0.2, -0.15) is 0 Å². The van der Waals surface area contributed by atoms with Crippen LogP contribution in [-0.2, 0) is 22.4 Å². The molecule has 0 fully saturated rings. The van der Waals surface area contributed by atoms with Gasteiger partial charge in [-0.25, -0.2) is 8.78 Å². The lowest BCUT2D eigenvalue weighted by atomic mass is 10.1. The zero-order valence-corrected chi connectivity index (χ0v) is 17.2. The monoisotopic (exact) mass is 438 g/mol. The maximum Gasteiger partial charge on any atom is 0.241 e. The summed E-state index contributed by atoms with van der Waals surface area (Å²) in [6.07, 6.45) is 0.500. The number of amides is 2. The Hall–Kier alpha value is -3.62. The zero-order chi connectivity index (χ0) is 23.1. The van der Waals surface area contributed by atoms with E-state index in [4.69, 9.17) is 11.5 Å². The van der Waals surface area contributed by atoms with Gasteiger partial charge < -0.3 is 22.1 Å². The number of halogens is 2. The maximum absolute atomic E-state index is 13.8. The van der Waals surface area contributed by atoms with Gasteiger partial charge in [0.15, 0.2) is 11.6 Å². The summed E-state index contributed by atoms with van der Waals surface area (Å²) in [7, 11) is 0. The van der Waals surface area contributed by atoms with E-state index in [2.05, 4.69) is 10.6 Å². The minimum absolute atomic E-state index is 0.113. The third kappa shape index (κ3) is 6.19. The van der Waals surface area contributed by atoms with Gasteiger partial charge in [-0.1, -0.05) is 60.7 Å². The van der Waals surface area contributed by atoms with Crippen LogP contribution in [0.1, 0.15) is 11.1 Å². The van der Waals surface area contributed by atoms with Gasteiger partial charge in [-0.3, -0.25) is 9.59 Å². The fourth-order valence-corrected chi connectivity index (χ4v) is 3.13. The van der Waals surface area contributed by atoms with E-state index in [-0.39, 0.29) is 24.2 Å². The number of carbonyl (C=O) groups is 2. The number of carbonyl (C=O) groups excluding carboxylic acids is 2. The lowest BCUT2D eigenvalue weighted by molar-refractivity contribution is -0.118. The summed E-state index contributed by atoms with van der Waals surface area (Å²) in [6.45, 7) is 0. The first-order valence-corrected chi connectivity index (χ1v) is 10.0. The SMILES string of the molecule is N[C@@H](Cc1ccccc1)C(=O)Nc1cc(F)c(F)cc1NC(=O)[C@@H](N)Cc1ccccc1. The third-order valence-corrected chi connectivity index (χ3v) is 4.85. The predicted molar refractivity (Wildman–Crippen MR) is 120 cm³/mol. The van der Waals surface area contributed by atoms with Gasteiger partial charge in [0.2, 0.25) is 11.8 Å². The number of anilines is 2. The Morgan fingerprint density at radius 2 is 1.03 bits per heavy atom. The van der Waals surface area contributed by atoms with Crippen molar-refractivity contribution in [3.05, 3.63) is 95.6 Å². The van der Waals surface area contributed by atoms with Crippen LogP contribution in [0.25, 0.3) is 0 Å². The minimum Gasteiger partial charge on any atom is -0.323 e. The van der Waals surface area contributed by atoms with Crippen LogP contribution < -0.4 is 22.1 Å². The summed E-state index contributed by atoms with van der Waals surface area (Å²) in [4.78, 5) is 25.1. The van der Waals surface area contributed by atoms with Gasteiger partial charge in [0.05, 0.1) is 23.5 Å². The van der Waals surface area contributed by atoms with E-state index in [1.54, 1.807) is 0 Å². The van der Waals surface area contributed by atoms with E-state index >= 15 is 0 Å². The molecule has 0 saturated heterocycles. The molecule has 3 rings (SSSR count). The number of rotatable bonds is 8. The van der Waals surface area contributed by atoms with E-state index in [9.17, 15) is 18.4 Å². The van der Waals surface area contributed by atoms with Crippen molar-refractivity contribution in [1.82, 2.24) is 0 Å². The molecule has 166 valence electrons. The number of nitrogens with one attached hydrogen (secondary N) is 2. The molecule has 0 aliphatic rings. The Balaban J connectivity index is 1.71. The third-order valence-electron chi connectivity index (χ3n) is 4.85. The molecule has 3 aromatic carbocycles. The molecule has 6 N–H and O–H groups in total. The highest BCUT2D eigenvalue weighted by molar-refractivity contribution is 6.02. The van der Waals surface area contributed by atoms with E-state index < -0.39 is 35.5 Å². The predicted octanol–water partition coefficient (Wildman–Crippen LogP) is 2.98. The first kappa shape index (κ1) is 23.1. The van der Waals surface area contributed by atoms with Crippen LogP contribution in [-0.4, -0.2) is 23.9 Å². The fourth-order valence-electron chi connectivity index (χ4n) is 3.13. The molecule has 0 unspecified atom stereocenters. The number of hydrogen-bond acceptors (Lipinski definition) is 4. The second kappa shape index (κ2) is 10.6. The lowest BCUT2D eigenvalue weighted by Gasteiger charge is -2.18. The van der Waals surface area contributed by atoms with Gasteiger partial charge >= 0.3 is 0 Å². The minimum atomic E-state index is -1.18. The van der Waals surface area contributed by atoms with Gasteiger partial charge in [-0.05, 0) is 24.0 Å². The number of nitrogens with two attached hydrogens (primary N) is 2. The van der Waals surface area contributed by atoms with Crippen LogP contribution in [0.5, 0.6) is 0 Å². The van der Waals surface area contributed by atoms with Crippen LogP contribution in [0.2, 0.25) is 0 Å². The fraction of sp³-hybridized carbons (Fsp3) is 0.167. The summed E-state index contributed by atoms with van der Waals surface area (Å²) >= 11 is 0. The summed E-state index contributed by atoms with van der Waals surface area (Å²) < 4.78 is 27.7. The highest BCUT2D eigenvalue weighted by atomic mass is 19.2. The van der Waals surface area contributed by atoms with Crippen LogP contribution in [0.15, 0.2) is 72.8 Å². The molecule has 2 amide bonds. The van der Waals surface area contributed by atoms with Crippen molar-refractivity contribution in [2.75, 3.05) is 10.6 Å². The average Bonchev–Trinajstić information content (AvgIpc) is 2.78. The number of benzene rings is 3. The molecule has 8 heteroatoms. The molecular weight excluding hydrogens is 414 g/mol. The molecule has 0 aliphatic carbocycles.